The number of likely N-dealkylation sites (tertiary alicyclic amines) is 2. The Bertz CT molecular complexity index is 1970. The van der Waals surface area contributed by atoms with Gasteiger partial charge in [0.1, 0.15) is 42.1 Å². The Balaban J connectivity index is 1.21. The van der Waals surface area contributed by atoms with Gasteiger partial charge in [-0.15, -0.1) is 0 Å². The Labute approximate surface area is 320 Å². The number of methoxy groups -OCH3 is 1. The first-order valence-electron chi connectivity index (χ1n) is 19.3. The largest absolute Gasteiger partial charge is 0.493 e. The number of hydrogen-bond acceptors (Lipinski definition) is 9. The summed E-state index contributed by atoms with van der Waals surface area (Å²) >= 11 is 0. The van der Waals surface area contributed by atoms with Crippen molar-refractivity contribution in [3.05, 3.63) is 106 Å². The molecule has 9 heteroatoms. The van der Waals surface area contributed by atoms with Crippen LogP contribution in [0.25, 0.3) is 11.1 Å². The van der Waals surface area contributed by atoms with E-state index in [2.05, 4.69) is 77.2 Å². The van der Waals surface area contributed by atoms with Crippen molar-refractivity contribution >= 4 is 5.97 Å². The van der Waals surface area contributed by atoms with E-state index in [1.807, 2.05) is 19.9 Å². The summed E-state index contributed by atoms with van der Waals surface area (Å²) in [7, 11) is 1.46. The van der Waals surface area contributed by atoms with Gasteiger partial charge in [0.25, 0.3) is 0 Å². The summed E-state index contributed by atoms with van der Waals surface area (Å²) in [6.07, 6.45) is 9.60. The van der Waals surface area contributed by atoms with Crippen LogP contribution in [-0.4, -0.2) is 66.2 Å². The summed E-state index contributed by atoms with van der Waals surface area (Å²) in [6, 6.07) is 20.7. The summed E-state index contributed by atoms with van der Waals surface area (Å²) in [5.41, 5.74) is 8.19. The molecular weight excluding hydrogens is 677 g/mol. The standard InChI is InChI=1S/C45H54N4O5/c1-32-23-38(29-49-21-7-6-17-45(49,4)44(50)51-5)43(53-30-36-24-35(26-46)27-47-28-36)25-42(32)54-31-37-13-10-14-39(33(37)2)40-15-11-16-41(34(40)3)52-22-12-20-48-18-8-9-19-48/h10-11,13-16,23-25,27-28H,6-9,12,17-22,29-31H2,1-5H3. The second-order valence-electron chi connectivity index (χ2n) is 14.9. The molecule has 9 nitrogen and oxygen atoms in total. The lowest BCUT2D eigenvalue weighted by Crippen LogP contribution is -2.55. The van der Waals surface area contributed by atoms with Crippen molar-refractivity contribution in [1.82, 2.24) is 14.8 Å². The number of hydrogen-bond donors (Lipinski definition) is 0. The van der Waals surface area contributed by atoms with Crippen LogP contribution in [0.3, 0.4) is 0 Å². The number of piperidine rings is 1. The van der Waals surface area contributed by atoms with Gasteiger partial charge in [-0.2, -0.15) is 5.26 Å². The molecule has 284 valence electrons. The van der Waals surface area contributed by atoms with Gasteiger partial charge >= 0.3 is 5.97 Å². The molecule has 3 aromatic carbocycles. The number of benzene rings is 3. The number of ether oxygens (including phenoxy) is 4. The predicted molar refractivity (Wildman–Crippen MR) is 211 cm³/mol. The highest BCUT2D eigenvalue weighted by molar-refractivity contribution is 5.80. The van der Waals surface area contributed by atoms with Crippen LogP contribution in [0, 0.1) is 32.1 Å². The first-order valence-corrected chi connectivity index (χ1v) is 19.3. The van der Waals surface area contributed by atoms with E-state index >= 15 is 0 Å². The Morgan fingerprint density at radius 2 is 1.57 bits per heavy atom. The number of pyridine rings is 1. The lowest BCUT2D eigenvalue weighted by Gasteiger charge is -2.42. The van der Waals surface area contributed by atoms with Crippen LogP contribution in [-0.2, 0) is 29.3 Å². The summed E-state index contributed by atoms with van der Waals surface area (Å²) in [4.78, 5) is 21.9. The molecule has 1 atom stereocenters. The highest BCUT2D eigenvalue weighted by Gasteiger charge is 2.42. The van der Waals surface area contributed by atoms with E-state index in [9.17, 15) is 10.1 Å². The molecule has 1 aromatic heterocycles. The second kappa shape index (κ2) is 17.9. The maximum absolute atomic E-state index is 13.0. The monoisotopic (exact) mass is 730 g/mol. The molecule has 54 heavy (non-hydrogen) atoms. The molecule has 2 aliphatic heterocycles. The lowest BCUT2D eigenvalue weighted by molar-refractivity contribution is -0.157. The van der Waals surface area contributed by atoms with Gasteiger partial charge in [0.15, 0.2) is 0 Å². The van der Waals surface area contributed by atoms with E-state index in [0.717, 1.165) is 94.8 Å². The van der Waals surface area contributed by atoms with Gasteiger partial charge in [0.2, 0.25) is 0 Å². The average Bonchev–Trinajstić information content (AvgIpc) is 3.71. The van der Waals surface area contributed by atoms with E-state index < -0.39 is 5.54 Å². The highest BCUT2D eigenvalue weighted by Crippen LogP contribution is 2.37. The number of aromatic nitrogens is 1. The van der Waals surface area contributed by atoms with Gasteiger partial charge in [-0.25, -0.2) is 0 Å². The second-order valence-corrected chi connectivity index (χ2v) is 14.9. The number of aryl methyl sites for hydroxylation is 1. The number of carbonyl (C=O) groups excluding carboxylic acids is 1. The van der Waals surface area contributed by atoms with E-state index in [-0.39, 0.29) is 12.6 Å². The quantitative estimate of drug-likeness (QED) is 0.0882. The van der Waals surface area contributed by atoms with E-state index in [1.165, 1.54) is 39.2 Å². The zero-order valence-electron chi connectivity index (χ0n) is 32.6. The maximum atomic E-state index is 13.0. The average molecular weight is 731 g/mol. The number of nitriles is 1. The van der Waals surface area contributed by atoms with Crippen LogP contribution in [0.4, 0.5) is 0 Å². The third-order valence-electron chi connectivity index (χ3n) is 11.2. The molecule has 2 fully saturated rings. The summed E-state index contributed by atoms with van der Waals surface area (Å²) in [5, 5.41) is 9.41. The molecule has 0 amide bonds. The normalized spacial score (nSPS) is 17.6. The van der Waals surface area contributed by atoms with Gasteiger partial charge in [-0.1, -0.05) is 30.3 Å². The van der Waals surface area contributed by atoms with Gasteiger partial charge in [-0.05, 0) is 137 Å². The van der Waals surface area contributed by atoms with Crippen LogP contribution >= 0.6 is 0 Å². The molecule has 0 N–H and O–H groups in total. The smallest absolute Gasteiger partial charge is 0.325 e. The molecule has 1 unspecified atom stereocenters. The summed E-state index contributed by atoms with van der Waals surface area (Å²) < 4.78 is 24.6. The van der Waals surface area contributed by atoms with Gasteiger partial charge < -0.3 is 23.8 Å². The van der Waals surface area contributed by atoms with Crippen molar-refractivity contribution in [2.75, 3.05) is 39.9 Å². The van der Waals surface area contributed by atoms with Crippen molar-refractivity contribution in [2.24, 2.45) is 0 Å². The molecule has 6 rings (SSSR count). The van der Waals surface area contributed by atoms with Crippen molar-refractivity contribution in [1.29, 1.82) is 5.26 Å². The molecule has 0 saturated carbocycles. The third kappa shape index (κ3) is 9.06. The number of nitrogens with zero attached hydrogens (tertiary/aromatic N) is 4. The first kappa shape index (κ1) is 38.8. The highest BCUT2D eigenvalue weighted by atomic mass is 16.5. The van der Waals surface area contributed by atoms with E-state index in [1.54, 1.807) is 12.3 Å². The Morgan fingerprint density at radius 3 is 2.35 bits per heavy atom. The maximum Gasteiger partial charge on any atom is 0.325 e. The fourth-order valence-electron chi connectivity index (χ4n) is 7.84. The molecule has 0 radical (unpaired) electrons. The van der Waals surface area contributed by atoms with E-state index in [4.69, 9.17) is 18.9 Å². The van der Waals surface area contributed by atoms with Crippen molar-refractivity contribution in [3.8, 4) is 34.4 Å². The van der Waals surface area contributed by atoms with Gasteiger partial charge in [0.05, 0.1) is 19.3 Å². The zero-order chi connectivity index (χ0) is 38.1. The summed E-state index contributed by atoms with van der Waals surface area (Å²) in [5.74, 6) is 2.09. The van der Waals surface area contributed by atoms with Gasteiger partial charge in [-0.3, -0.25) is 14.7 Å². The molecule has 0 spiro atoms. The van der Waals surface area contributed by atoms with Crippen LogP contribution in [0.1, 0.15) is 84.4 Å². The van der Waals surface area contributed by atoms with Crippen LogP contribution < -0.4 is 14.2 Å². The SMILES string of the molecule is COC(=O)C1(C)CCCCN1Cc1cc(C)c(OCc2cccc(-c3cccc(OCCCN4CCCC4)c3C)c2C)cc1OCc1cncc(C#N)c1. The van der Waals surface area contributed by atoms with E-state index in [0.29, 0.717) is 31.1 Å². The van der Waals surface area contributed by atoms with Crippen molar-refractivity contribution < 1.29 is 23.7 Å². The Kier molecular flexibility index (Phi) is 12.9. The molecule has 0 aliphatic carbocycles. The minimum atomic E-state index is -0.724. The Morgan fingerprint density at radius 1 is 0.833 bits per heavy atom. The van der Waals surface area contributed by atoms with Gasteiger partial charge in [0, 0.05) is 42.7 Å². The van der Waals surface area contributed by atoms with Crippen molar-refractivity contribution in [2.45, 2.75) is 91.5 Å². The summed E-state index contributed by atoms with van der Waals surface area (Å²) in [6.45, 7) is 14.4. The van der Waals surface area contributed by atoms with Crippen LogP contribution in [0.2, 0.25) is 0 Å². The zero-order valence-corrected chi connectivity index (χ0v) is 32.6. The number of esters is 1. The Hall–Kier alpha value is -4.91. The first-order chi connectivity index (χ1) is 26.2. The molecule has 0 bridgehead atoms. The molecule has 2 aliphatic rings. The fourth-order valence-corrected chi connectivity index (χ4v) is 7.84. The molecule has 2 saturated heterocycles. The van der Waals surface area contributed by atoms with Crippen molar-refractivity contribution in [3.63, 3.8) is 0 Å². The fraction of sp³-hybridized carbons (Fsp3) is 0.444. The minimum Gasteiger partial charge on any atom is -0.493 e. The van der Waals surface area contributed by atoms with Crippen LogP contribution in [0.5, 0.6) is 17.2 Å². The third-order valence-corrected chi connectivity index (χ3v) is 11.2. The molecule has 3 heterocycles. The molecule has 4 aromatic rings. The topological polar surface area (TPSA) is 97.2 Å². The van der Waals surface area contributed by atoms with Crippen LogP contribution in [0.15, 0.2) is 67.0 Å². The number of rotatable bonds is 15. The lowest BCUT2D eigenvalue weighted by atomic mass is 9.87. The predicted octanol–water partition coefficient (Wildman–Crippen LogP) is 8.49. The number of carbonyl (C=O) groups is 1. The molecular formula is C45H54N4O5. The minimum absolute atomic E-state index is 0.222.